The molecule has 5 N–H and O–H groups in total. The summed E-state index contributed by atoms with van der Waals surface area (Å²) in [6.45, 7) is 11.9. The summed E-state index contributed by atoms with van der Waals surface area (Å²) in [6.07, 6.45) is 2.80. The summed E-state index contributed by atoms with van der Waals surface area (Å²) in [5, 5.41) is 28.8. The smallest absolute Gasteiger partial charge is 0.303 e. The van der Waals surface area contributed by atoms with Gasteiger partial charge < -0.3 is 25.3 Å². The van der Waals surface area contributed by atoms with E-state index in [4.69, 9.17) is 9.97 Å². The Kier molecular flexibility index (Phi) is 8.19. The van der Waals surface area contributed by atoms with Crippen LogP contribution in [0.25, 0.3) is 44.4 Å². The number of nitrogens with one attached hydrogen (secondary N) is 2. The number of aryl methyl sites for hydroxylation is 3. The van der Waals surface area contributed by atoms with Crippen molar-refractivity contribution in [2.75, 3.05) is 6.61 Å². The fourth-order valence-corrected chi connectivity index (χ4v) is 5.98. The summed E-state index contributed by atoms with van der Waals surface area (Å²) in [6, 6.07) is 7.82. The highest BCUT2D eigenvalue weighted by molar-refractivity contribution is 5.97. The monoisotopic (exact) mass is 580 g/mol. The number of carbonyl (C=O) groups is 2. The Morgan fingerprint density at radius 3 is 1.79 bits per heavy atom. The maximum atomic E-state index is 11.5. The number of carboxylic acids is 2. The second-order valence-electron chi connectivity index (χ2n) is 11.1. The van der Waals surface area contributed by atoms with Crippen LogP contribution in [0.4, 0.5) is 0 Å². The first-order valence-electron chi connectivity index (χ1n) is 14.3. The van der Waals surface area contributed by atoms with Gasteiger partial charge >= 0.3 is 11.9 Å². The second kappa shape index (κ2) is 11.9. The SMILES string of the molecule is C=CC1=C(C)c2cc3[nH]c(cc4nc(cc5[nH]c(cc1n2)c(C)c5CCC(=O)O)C(CCC(=O)O)=C4C)c(C)c3CCO. The van der Waals surface area contributed by atoms with Crippen LogP contribution in [0.5, 0.6) is 0 Å². The highest BCUT2D eigenvalue weighted by Crippen LogP contribution is 2.36. The minimum atomic E-state index is -0.894. The molecule has 9 nitrogen and oxygen atoms in total. The number of allylic oxidation sites excluding steroid dienone is 5. The zero-order chi connectivity index (χ0) is 31.0. The Bertz CT molecular complexity index is 1900. The van der Waals surface area contributed by atoms with E-state index in [9.17, 15) is 24.9 Å². The average Bonchev–Trinajstić information content (AvgIpc) is 3.61. The molecule has 0 atom stereocenters. The van der Waals surface area contributed by atoms with Crippen LogP contribution in [-0.4, -0.2) is 53.8 Å². The number of rotatable bonds is 9. The quantitative estimate of drug-likeness (QED) is 0.196. The molecule has 0 amide bonds. The van der Waals surface area contributed by atoms with Crippen LogP contribution in [0.3, 0.4) is 0 Å². The van der Waals surface area contributed by atoms with Gasteiger partial charge in [-0.3, -0.25) is 9.59 Å². The molecule has 0 aromatic carbocycles. The van der Waals surface area contributed by atoms with Crippen LogP contribution in [0.2, 0.25) is 0 Å². The molecule has 5 rings (SSSR count). The third kappa shape index (κ3) is 5.68. The third-order valence-electron chi connectivity index (χ3n) is 8.46. The number of aromatic nitrogens is 4. The number of aliphatic carboxylic acids is 2. The maximum Gasteiger partial charge on any atom is 0.303 e. The minimum Gasteiger partial charge on any atom is -0.481 e. The van der Waals surface area contributed by atoms with Gasteiger partial charge in [0.2, 0.25) is 0 Å². The van der Waals surface area contributed by atoms with Crippen molar-refractivity contribution >= 4 is 56.3 Å². The van der Waals surface area contributed by atoms with Crippen molar-refractivity contribution in [2.45, 2.75) is 59.8 Å². The molecule has 222 valence electrons. The lowest BCUT2D eigenvalue weighted by molar-refractivity contribution is -0.137. The van der Waals surface area contributed by atoms with Crippen LogP contribution in [0.1, 0.15) is 78.1 Å². The van der Waals surface area contributed by atoms with Gasteiger partial charge in [-0.25, -0.2) is 9.97 Å². The number of nitrogens with zero attached hydrogens (tertiary/aromatic N) is 2. The van der Waals surface area contributed by atoms with Crippen molar-refractivity contribution in [2.24, 2.45) is 0 Å². The van der Waals surface area contributed by atoms with E-state index in [2.05, 4.69) is 16.5 Å². The summed E-state index contributed by atoms with van der Waals surface area (Å²) >= 11 is 0. The Labute approximate surface area is 249 Å². The summed E-state index contributed by atoms with van der Waals surface area (Å²) in [5.74, 6) is -1.78. The van der Waals surface area contributed by atoms with Crippen LogP contribution in [0, 0.1) is 13.8 Å². The number of carboxylic acid groups (broad SMARTS) is 2. The molecule has 0 saturated heterocycles. The average molecular weight is 581 g/mol. The number of hydrogen-bond donors (Lipinski definition) is 5. The predicted molar refractivity (Wildman–Crippen MR) is 169 cm³/mol. The molecule has 2 aliphatic rings. The van der Waals surface area contributed by atoms with Crippen molar-refractivity contribution in [1.29, 1.82) is 0 Å². The molecular weight excluding hydrogens is 544 g/mol. The highest BCUT2D eigenvalue weighted by atomic mass is 16.4. The van der Waals surface area contributed by atoms with E-state index in [0.29, 0.717) is 30.7 Å². The number of hydrogen-bond acceptors (Lipinski definition) is 5. The number of aromatic amines is 2. The molecular formula is C34H36N4O5. The Hall–Kier alpha value is -4.76. The van der Waals surface area contributed by atoms with Gasteiger partial charge in [-0.1, -0.05) is 12.7 Å². The lowest BCUT2D eigenvalue weighted by atomic mass is 10.00. The molecule has 0 aliphatic carbocycles. The first-order valence-corrected chi connectivity index (χ1v) is 14.3. The maximum absolute atomic E-state index is 11.5. The van der Waals surface area contributed by atoms with Gasteiger partial charge in [0.15, 0.2) is 0 Å². The van der Waals surface area contributed by atoms with E-state index in [0.717, 1.165) is 78.0 Å². The van der Waals surface area contributed by atoms with Crippen LogP contribution >= 0.6 is 0 Å². The normalized spacial score (nSPS) is 13.1. The van der Waals surface area contributed by atoms with Crippen LogP contribution < -0.4 is 0 Å². The van der Waals surface area contributed by atoms with Gasteiger partial charge in [-0.2, -0.15) is 0 Å². The van der Waals surface area contributed by atoms with E-state index in [1.165, 1.54) is 0 Å². The first kappa shape index (κ1) is 29.7. The molecule has 5 heterocycles. The predicted octanol–water partition coefficient (Wildman–Crippen LogP) is 6.40. The number of H-pyrrole nitrogens is 2. The minimum absolute atomic E-state index is 0.00610. The van der Waals surface area contributed by atoms with Crippen molar-refractivity contribution in [3.05, 3.63) is 81.9 Å². The van der Waals surface area contributed by atoms with E-state index in [1.54, 1.807) is 6.08 Å². The molecule has 0 fully saturated rings. The summed E-state index contributed by atoms with van der Waals surface area (Å²) in [4.78, 5) is 40.0. The molecule has 9 heteroatoms. The van der Waals surface area contributed by atoms with E-state index in [1.807, 2.05) is 52.0 Å². The van der Waals surface area contributed by atoms with Gasteiger partial charge in [0.1, 0.15) is 0 Å². The lowest BCUT2D eigenvalue weighted by Gasteiger charge is -2.03. The molecule has 0 unspecified atom stereocenters. The van der Waals surface area contributed by atoms with Gasteiger partial charge in [0.25, 0.3) is 0 Å². The Morgan fingerprint density at radius 1 is 0.721 bits per heavy atom. The zero-order valence-electron chi connectivity index (χ0n) is 24.9. The Morgan fingerprint density at radius 2 is 1.21 bits per heavy atom. The van der Waals surface area contributed by atoms with Crippen molar-refractivity contribution in [3.8, 4) is 0 Å². The second-order valence-corrected chi connectivity index (χ2v) is 11.1. The molecule has 2 aliphatic heterocycles. The van der Waals surface area contributed by atoms with Crippen LogP contribution in [0.15, 0.2) is 36.9 Å². The number of aliphatic hydroxyl groups excluding tert-OH is 1. The lowest BCUT2D eigenvalue weighted by Crippen LogP contribution is -1.98. The fraction of sp³-hybridized carbons (Fsp3) is 0.294. The van der Waals surface area contributed by atoms with Gasteiger partial charge in [-0.05, 0) is 110 Å². The molecule has 0 spiro atoms. The van der Waals surface area contributed by atoms with Crippen molar-refractivity contribution in [3.63, 3.8) is 0 Å². The number of aliphatic hydroxyl groups is 1. The fourth-order valence-electron chi connectivity index (χ4n) is 5.98. The first-order chi connectivity index (χ1) is 20.5. The van der Waals surface area contributed by atoms with Gasteiger partial charge in [0, 0.05) is 47.1 Å². The third-order valence-corrected chi connectivity index (χ3v) is 8.46. The molecule has 43 heavy (non-hydrogen) atoms. The largest absolute Gasteiger partial charge is 0.481 e. The van der Waals surface area contributed by atoms with E-state index < -0.39 is 11.9 Å². The van der Waals surface area contributed by atoms with Gasteiger partial charge in [0.05, 0.1) is 22.8 Å². The molecule has 3 aromatic heterocycles. The molecule has 0 saturated carbocycles. The Balaban J connectivity index is 1.93. The summed E-state index contributed by atoms with van der Waals surface area (Å²) < 4.78 is 0. The summed E-state index contributed by atoms with van der Waals surface area (Å²) in [7, 11) is 0. The van der Waals surface area contributed by atoms with Crippen molar-refractivity contribution in [1.82, 2.24) is 19.9 Å². The summed E-state index contributed by atoms with van der Waals surface area (Å²) in [5.41, 5.74) is 13.4. The number of fused-ring (bicyclic) bond motifs is 8. The highest BCUT2D eigenvalue weighted by Gasteiger charge is 2.21. The molecule has 3 aromatic rings. The zero-order valence-corrected chi connectivity index (χ0v) is 24.9. The molecule has 8 bridgehead atoms. The van der Waals surface area contributed by atoms with Crippen LogP contribution in [-0.2, 0) is 22.4 Å². The molecule has 0 radical (unpaired) electrons. The van der Waals surface area contributed by atoms with E-state index in [-0.39, 0.29) is 19.4 Å². The van der Waals surface area contributed by atoms with Crippen molar-refractivity contribution < 1.29 is 24.9 Å². The van der Waals surface area contributed by atoms with E-state index >= 15 is 0 Å². The topological polar surface area (TPSA) is 152 Å². The van der Waals surface area contributed by atoms with Gasteiger partial charge in [-0.15, -0.1) is 0 Å². The standard InChI is InChI=1S/C34H36N4O5/c1-6-21-17(2)27-15-30-24(11-12-39)20(5)26(36-30)13-25-18(3)22(7-9-33(40)41)31(37-25)16-32-23(8-10-34(42)43)19(4)28(38-32)14-29(21)35-27/h6,13-16,36,38-39H,1,7-12H2,2-5H3,(H,40,41)(H,42,43).